The molecule has 1 rings (SSSR count). The fraction of sp³-hybridized carbons (Fsp3) is 0.750. The number of nitrogens with zero attached hydrogens (tertiary/aromatic N) is 1. The Balaban J connectivity index is 2.39. The summed E-state index contributed by atoms with van der Waals surface area (Å²) in [6.45, 7) is 0.127. The van der Waals surface area contributed by atoms with Gasteiger partial charge in [0.05, 0.1) is 6.54 Å². The number of amides is 1. The molecule has 0 bridgehead atoms. The van der Waals surface area contributed by atoms with Crippen molar-refractivity contribution in [1.82, 2.24) is 5.06 Å². The van der Waals surface area contributed by atoms with Crippen molar-refractivity contribution >= 4 is 6.09 Å². The maximum atomic E-state index is 10.0. The Labute approximate surface area is 51.4 Å². The SMILES string of the molecule is O=C(O)N1C[C@@H](O)CO1. The van der Waals surface area contributed by atoms with Gasteiger partial charge in [-0.25, -0.2) is 4.79 Å². The first-order valence-corrected chi connectivity index (χ1v) is 2.51. The number of aliphatic hydroxyl groups excluding tert-OH is 1. The third-order valence-electron chi connectivity index (χ3n) is 1.01. The fourth-order valence-electron chi connectivity index (χ4n) is 0.606. The Morgan fingerprint density at radius 3 is 2.67 bits per heavy atom. The highest BCUT2D eigenvalue weighted by Gasteiger charge is 2.25. The standard InChI is InChI=1S/C4H7NO4/c6-3-1-5(4(7)8)9-2-3/h3,6H,1-2H2,(H,7,8)/t3-/m1/s1. The van der Waals surface area contributed by atoms with Crippen LogP contribution in [0.5, 0.6) is 0 Å². The Bertz CT molecular complexity index is 126. The van der Waals surface area contributed by atoms with Crippen LogP contribution < -0.4 is 0 Å². The largest absolute Gasteiger partial charge is 0.463 e. The molecule has 0 spiro atoms. The number of hydroxylamine groups is 2. The van der Waals surface area contributed by atoms with Crippen LogP contribution in [0.25, 0.3) is 0 Å². The molecule has 1 fully saturated rings. The van der Waals surface area contributed by atoms with Gasteiger partial charge in [-0.2, -0.15) is 5.06 Å². The van der Waals surface area contributed by atoms with E-state index in [2.05, 4.69) is 4.84 Å². The van der Waals surface area contributed by atoms with E-state index >= 15 is 0 Å². The zero-order valence-corrected chi connectivity index (χ0v) is 4.65. The normalized spacial score (nSPS) is 26.8. The first kappa shape index (κ1) is 6.31. The molecule has 0 saturated carbocycles. The van der Waals surface area contributed by atoms with Crippen molar-refractivity contribution in [1.29, 1.82) is 0 Å². The van der Waals surface area contributed by atoms with E-state index in [1.54, 1.807) is 0 Å². The summed E-state index contributed by atoms with van der Waals surface area (Å²) in [7, 11) is 0. The van der Waals surface area contributed by atoms with Gasteiger partial charge in [-0.15, -0.1) is 0 Å². The molecule has 5 nitrogen and oxygen atoms in total. The number of carbonyl (C=O) groups is 1. The Kier molecular flexibility index (Phi) is 1.54. The molecule has 0 unspecified atom stereocenters. The maximum Gasteiger partial charge on any atom is 0.431 e. The van der Waals surface area contributed by atoms with Crippen molar-refractivity contribution in [3.8, 4) is 0 Å². The van der Waals surface area contributed by atoms with Crippen LogP contribution in [-0.4, -0.2) is 40.6 Å². The van der Waals surface area contributed by atoms with Gasteiger partial charge in [0.2, 0.25) is 0 Å². The molecule has 1 amide bonds. The molecule has 52 valence electrons. The maximum absolute atomic E-state index is 10.0. The third-order valence-corrected chi connectivity index (χ3v) is 1.01. The molecule has 1 aliphatic rings. The van der Waals surface area contributed by atoms with E-state index in [9.17, 15) is 4.79 Å². The summed E-state index contributed by atoms with van der Waals surface area (Å²) in [4.78, 5) is 14.5. The van der Waals surface area contributed by atoms with Gasteiger partial charge >= 0.3 is 6.09 Å². The highest BCUT2D eigenvalue weighted by molar-refractivity contribution is 5.63. The zero-order chi connectivity index (χ0) is 6.85. The summed E-state index contributed by atoms with van der Waals surface area (Å²) >= 11 is 0. The van der Waals surface area contributed by atoms with Crippen LogP contribution in [0.1, 0.15) is 0 Å². The molecule has 1 saturated heterocycles. The van der Waals surface area contributed by atoms with Gasteiger partial charge in [-0.05, 0) is 0 Å². The monoisotopic (exact) mass is 133 g/mol. The van der Waals surface area contributed by atoms with Gasteiger partial charge in [0.15, 0.2) is 0 Å². The average Bonchev–Trinajstić information content (AvgIpc) is 2.14. The van der Waals surface area contributed by atoms with Crippen LogP contribution in [0, 0.1) is 0 Å². The first-order chi connectivity index (χ1) is 4.20. The van der Waals surface area contributed by atoms with Crippen LogP contribution in [0.15, 0.2) is 0 Å². The van der Waals surface area contributed by atoms with Crippen molar-refractivity contribution < 1.29 is 19.8 Å². The molecule has 0 aliphatic carbocycles. The van der Waals surface area contributed by atoms with Gasteiger partial charge in [0, 0.05) is 0 Å². The smallest absolute Gasteiger partial charge is 0.431 e. The topological polar surface area (TPSA) is 70.0 Å². The molecular formula is C4H7NO4. The van der Waals surface area contributed by atoms with E-state index in [0.717, 1.165) is 0 Å². The second kappa shape index (κ2) is 2.20. The van der Waals surface area contributed by atoms with E-state index in [0.29, 0.717) is 5.06 Å². The van der Waals surface area contributed by atoms with Crippen LogP contribution in [0.4, 0.5) is 4.79 Å². The number of aliphatic hydroxyl groups is 1. The van der Waals surface area contributed by atoms with Crippen molar-refractivity contribution in [2.45, 2.75) is 6.10 Å². The predicted octanol–water partition coefficient (Wildman–Crippen LogP) is -0.727. The molecule has 0 aromatic rings. The molecule has 1 atom stereocenters. The molecule has 9 heavy (non-hydrogen) atoms. The summed E-state index contributed by atoms with van der Waals surface area (Å²) in [5.41, 5.74) is 0. The molecule has 5 heteroatoms. The number of hydrogen-bond acceptors (Lipinski definition) is 3. The highest BCUT2D eigenvalue weighted by Crippen LogP contribution is 2.04. The Hall–Kier alpha value is -0.810. The summed E-state index contributed by atoms with van der Waals surface area (Å²) in [6.07, 6.45) is -1.83. The van der Waals surface area contributed by atoms with Crippen molar-refractivity contribution in [2.75, 3.05) is 13.2 Å². The van der Waals surface area contributed by atoms with E-state index in [1.807, 2.05) is 0 Å². The molecule has 1 heterocycles. The zero-order valence-electron chi connectivity index (χ0n) is 4.65. The van der Waals surface area contributed by atoms with Crippen LogP contribution >= 0.6 is 0 Å². The minimum absolute atomic E-state index is 0.0509. The Morgan fingerprint density at radius 1 is 1.78 bits per heavy atom. The fourth-order valence-corrected chi connectivity index (χ4v) is 0.606. The second-order valence-electron chi connectivity index (χ2n) is 1.79. The van der Waals surface area contributed by atoms with Crippen LogP contribution in [0.3, 0.4) is 0 Å². The molecule has 2 N–H and O–H groups in total. The van der Waals surface area contributed by atoms with Crippen molar-refractivity contribution in [2.24, 2.45) is 0 Å². The van der Waals surface area contributed by atoms with Crippen LogP contribution in [-0.2, 0) is 4.84 Å². The second-order valence-corrected chi connectivity index (χ2v) is 1.79. The molecule has 0 radical (unpaired) electrons. The van der Waals surface area contributed by atoms with Crippen molar-refractivity contribution in [3.05, 3.63) is 0 Å². The van der Waals surface area contributed by atoms with Gasteiger partial charge in [-0.3, -0.25) is 4.84 Å². The van der Waals surface area contributed by atoms with E-state index in [1.165, 1.54) is 0 Å². The molecule has 0 aromatic heterocycles. The lowest BCUT2D eigenvalue weighted by Gasteiger charge is -2.06. The summed E-state index contributed by atoms with van der Waals surface area (Å²) < 4.78 is 0. The first-order valence-electron chi connectivity index (χ1n) is 2.51. The minimum Gasteiger partial charge on any atom is -0.463 e. The van der Waals surface area contributed by atoms with Gasteiger partial charge < -0.3 is 10.2 Å². The quantitative estimate of drug-likeness (QED) is 0.457. The summed E-state index contributed by atoms with van der Waals surface area (Å²) in [6, 6.07) is 0. The van der Waals surface area contributed by atoms with E-state index < -0.39 is 12.2 Å². The molecule has 1 aliphatic heterocycles. The third kappa shape index (κ3) is 1.30. The predicted molar refractivity (Wildman–Crippen MR) is 26.7 cm³/mol. The number of rotatable bonds is 0. The van der Waals surface area contributed by atoms with Crippen LogP contribution in [0.2, 0.25) is 0 Å². The lowest BCUT2D eigenvalue weighted by atomic mass is 10.4. The number of carboxylic acid groups (broad SMARTS) is 1. The van der Waals surface area contributed by atoms with Gasteiger partial charge in [0.25, 0.3) is 0 Å². The summed E-state index contributed by atoms with van der Waals surface area (Å²) in [5.74, 6) is 0. The summed E-state index contributed by atoms with van der Waals surface area (Å²) in [5, 5.41) is 17.7. The molecule has 0 aromatic carbocycles. The number of β-amino-alcohol motifs (C(OH)–C–C–N with tert-alkyl or cyclic N) is 1. The molecular weight excluding hydrogens is 126 g/mol. The van der Waals surface area contributed by atoms with Gasteiger partial charge in [-0.1, -0.05) is 0 Å². The lowest BCUT2D eigenvalue weighted by molar-refractivity contribution is -0.0840. The Morgan fingerprint density at radius 2 is 2.44 bits per heavy atom. The minimum atomic E-state index is -1.16. The van der Waals surface area contributed by atoms with E-state index in [-0.39, 0.29) is 13.2 Å². The van der Waals surface area contributed by atoms with Crippen molar-refractivity contribution in [3.63, 3.8) is 0 Å². The highest BCUT2D eigenvalue weighted by atomic mass is 16.7. The lowest BCUT2D eigenvalue weighted by Crippen LogP contribution is -2.26. The van der Waals surface area contributed by atoms with Gasteiger partial charge in [0.1, 0.15) is 12.7 Å². The van der Waals surface area contributed by atoms with E-state index in [4.69, 9.17) is 10.2 Å². The number of hydrogen-bond donors (Lipinski definition) is 2. The average molecular weight is 133 g/mol.